The maximum Gasteiger partial charge on any atom is 0.489 e. The highest BCUT2D eigenvalue weighted by atomic mass is 19.4. The van der Waals surface area contributed by atoms with Crippen molar-refractivity contribution in [3.05, 3.63) is 23.8 Å². The van der Waals surface area contributed by atoms with Crippen molar-refractivity contribution in [2.45, 2.75) is 55.3 Å². The first kappa shape index (κ1) is 35.4. The number of nitrogens with one attached hydrogen (secondary N) is 1. The van der Waals surface area contributed by atoms with E-state index in [4.69, 9.17) is 0 Å². The van der Waals surface area contributed by atoms with Crippen LogP contribution in [-0.4, -0.2) is 65.6 Å². The van der Waals surface area contributed by atoms with Crippen LogP contribution in [0.15, 0.2) is 18.2 Å². The van der Waals surface area contributed by atoms with Crippen LogP contribution < -0.4 is 10.8 Å². The molecule has 0 spiro atoms. The van der Waals surface area contributed by atoms with Gasteiger partial charge in [-0.25, -0.2) is 0 Å². The molecule has 0 saturated heterocycles. The number of anilines is 1. The number of amides is 1. The lowest BCUT2D eigenvalue weighted by molar-refractivity contribution is -0.554. The number of carbonyl (C=O) groups excluding carboxylic acids is 1. The standard InChI is InChI=1S/C16H9BF17NO5/c1-5(36)35-6-2-3-7(8(4-6)17(37)38)9(18,12(22,23)24)39-16(33,34)11(21,14(28,29)30)40-15(31,32)10(19,20)13(25,26)27/h2-4,37-38H,1H3,(H,35,36). The van der Waals surface area contributed by atoms with Crippen molar-refractivity contribution in [1.82, 2.24) is 0 Å². The lowest BCUT2D eigenvalue weighted by atomic mass is 9.74. The summed E-state index contributed by atoms with van der Waals surface area (Å²) in [7, 11) is -3.40. The van der Waals surface area contributed by atoms with E-state index in [1.807, 2.05) is 0 Å². The molecule has 0 bridgehead atoms. The number of alkyl halides is 17. The van der Waals surface area contributed by atoms with Crippen LogP contribution in [0.1, 0.15) is 12.5 Å². The summed E-state index contributed by atoms with van der Waals surface area (Å²) in [5, 5.41) is 20.1. The topological polar surface area (TPSA) is 88.0 Å². The van der Waals surface area contributed by atoms with Crippen LogP contribution in [0.4, 0.5) is 80.3 Å². The highest BCUT2D eigenvalue weighted by Crippen LogP contribution is 2.57. The summed E-state index contributed by atoms with van der Waals surface area (Å²) in [4.78, 5) is 11.0. The van der Waals surface area contributed by atoms with Crippen molar-refractivity contribution in [2.75, 3.05) is 5.32 Å². The number of carbonyl (C=O) groups is 1. The number of benzene rings is 1. The minimum atomic E-state index is -8.09. The minimum absolute atomic E-state index is 0.0377. The van der Waals surface area contributed by atoms with Crippen LogP contribution in [0, 0.1) is 0 Å². The Morgan fingerprint density at radius 2 is 1.20 bits per heavy atom. The second kappa shape index (κ2) is 10.3. The third-order valence-electron chi connectivity index (χ3n) is 4.36. The molecule has 0 aliphatic carbocycles. The van der Waals surface area contributed by atoms with Gasteiger partial charge in [0.05, 0.1) is 0 Å². The Hall–Kier alpha value is -2.60. The average molecular weight is 629 g/mol. The van der Waals surface area contributed by atoms with Crippen LogP contribution in [0.3, 0.4) is 0 Å². The van der Waals surface area contributed by atoms with E-state index in [0.29, 0.717) is 0 Å². The molecule has 0 fully saturated rings. The average Bonchev–Trinajstić information content (AvgIpc) is 2.69. The quantitative estimate of drug-likeness (QED) is 0.274. The third kappa shape index (κ3) is 6.32. The predicted octanol–water partition coefficient (Wildman–Crippen LogP) is 4.65. The largest absolute Gasteiger partial charge is 0.489 e. The van der Waals surface area contributed by atoms with E-state index in [-0.39, 0.29) is 12.1 Å². The van der Waals surface area contributed by atoms with Crippen LogP contribution in [-0.2, 0) is 20.1 Å². The van der Waals surface area contributed by atoms with Crippen molar-refractivity contribution in [3.63, 3.8) is 0 Å². The number of ether oxygens (including phenoxy) is 2. The van der Waals surface area contributed by atoms with E-state index in [9.17, 15) is 85.1 Å². The number of hydrogen-bond donors (Lipinski definition) is 3. The Bertz CT molecular complexity index is 1090. The molecule has 1 aromatic rings. The fourth-order valence-electron chi connectivity index (χ4n) is 2.55. The fourth-order valence-corrected chi connectivity index (χ4v) is 2.55. The van der Waals surface area contributed by atoms with E-state index in [0.717, 1.165) is 6.92 Å². The van der Waals surface area contributed by atoms with E-state index < -0.39 is 84.2 Å². The van der Waals surface area contributed by atoms with E-state index in [2.05, 4.69) is 4.74 Å². The highest BCUT2D eigenvalue weighted by molar-refractivity contribution is 6.59. The first-order valence-electron chi connectivity index (χ1n) is 9.28. The van der Waals surface area contributed by atoms with Gasteiger partial charge in [0.25, 0.3) is 0 Å². The van der Waals surface area contributed by atoms with Gasteiger partial charge in [0.1, 0.15) is 0 Å². The van der Waals surface area contributed by atoms with Gasteiger partial charge in [-0.1, -0.05) is 6.07 Å². The summed E-state index contributed by atoms with van der Waals surface area (Å²) in [6, 6.07) is -0.334. The summed E-state index contributed by atoms with van der Waals surface area (Å²) in [5.41, 5.74) is -5.42. The Morgan fingerprint density at radius 1 is 0.725 bits per heavy atom. The van der Waals surface area contributed by atoms with Crippen LogP contribution in [0.2, 0.25) is 0 Å². The first-order valence-corrected chi connectivity index (χ1v) is 9.28. The molecular weight excluding hydrogens is 620 g/mol. The zero-order valence-corrected chi connectivity index (χ0v) is 18.4. The summed E-state index contributed by atoms with van der Waals surface area (Å²) < 4.78 is 230. The van der Waals surface area contributed by atoms with Crippen LogP contribution >= 0.6 is 0 Å². The summed E-state index contributed by atoms with van der Waals surface area (Å²) in [6.07, 6.45) is -38.7. The third-order valence-corrected chi connectivity index (χ3v) is 4.36. The molecule has 40 heavy (non-hydrogen) atoms. The van der Waals surface area contributed by atoms with Gasteiger partial charge in [-0.2, -0.15) is 74.6 Å². The predicted molar refractivity (Wildman–Crippen MR) is 92.4 cm³/mol. The zero-order valence-electron chi connectivity index (χ0n) is 18.4. The van der Waals surface area contributed by atoms with Crippen molar-refractivity contribution in [3.8, 4) is 0 Å². The molecule has 0 aliphatic heterocycles. The molecule has 0 saturated carbocycles. The molecule has 0 heterocycles. The Labute approximate surface area is 208 Å². The Kier molecular flexibility index (Phi) is 9.17. The second-order valence-electron chi connectivity index (χ2n) is 7.35. The van der Waals surface area contributed by atoms with Gasteiger partial charge in [0, 0.05) is 18.2 Å². The lowest BCUT2D eigenvalue weighted by Crippen LogP contribution is -2.67. The second-order valence-corrected chi connectivity index (χ2v) is 7.35. The Morgan fingerprint density at radius 3 is 1.55 bits per heavy atom. The fraction of sp³-hybridized carbons (Fsp3) is 0.562. The molecule has 1 rings (SSSR count). The molecule has 3 N–H and O–H groups in total. The molecule has 2 atom stereocenters. The van der Waals surface area contributed by atoms with Crippen LogP contribution in [0.25, 0.3) is 0 Å². The molecule has 230 valence electrons. The number of halogens is 17. The van der Waals surface area contributed by atoms with Gasteiger partial charge in [-0.15, -0.1) is 0 Å². The molecular formula is C16H9BF17NO5. The first-order chi connectivity index (χ1) is 17.4. The summed E-state index contributed by atoms with van der Waals surface area (Å²) in [5.74, 6) is -23.7. The molecule has 0 radical (unpaired) electrons. The summed E-state index contributed by atoms with van der Waals surface area (Å²) >= 11 is 0. The SMILES string of the molecule is CC(=O)Nc1ccc(C(F)(OC(F)(F)C(F)(OC(F)(F)C(F)(F)C(F)(F)F)C(F)(F)F)C(F)(F)F)c(B(O)O)c1. The van der Waals surface area contributed by atoms with Crippen molar-refractivity contribution in [2.24, 2.45) is 0 Å². The smallest absolute Gasteiger partial charge is 0.423 e. The summed E-state index contributed by atoms with van der Waals surface area (Å²) in [6.45, 7) is 0.734. The van der Waals surface area contributed by atoms with Gasteiger partial charge < -0.3 is 15.4 Å². The van der Waals surface area contributed by atoms with Crippen molar-refractivity contribution < 1.29 is 99.0 Å². The van der Waals surface area contributed by atoms with E-state index in [1.54, 1.807) is 5.32 Å². The maximum atomic E-state index is 15.1. The molecule has 2 unspecified atom stereocenters. The maximum absolute atomic E-state index is 15.1. The zero-order chi connectivity index (χ0) is 32.1. The molecule has 1 amide bonds. The molecule has 1 aromatic carbocycles. The lowest BCUT2D eigenvalue weighted by Gasteiger charge is -2.41. The van der Waals surface area contributed by atoms with Crippen molar-refractivity contribution >= 4 is 24.2 Å². The minimum Gasteiger partial charge on any atom is -0.423 e. The van der Waals surface area contributed by atoms with Gasteiger partial charge in [-0.05, 0) is 17.6 Å². The van der Waals surface area contributed by atoms with Gasteiger partial charge in [0.2, 0.25) is 5.91 Å². The number of rotatable bonds is 9. The molecule has 0 aliphatic rings. The normalized spacial score (nSPS) is 17.2. The molecule has 0 aromatic heterocycles. The highest BCUT2D eigenvalue weighted by Gasteiger charge is 2.85. The van der Waals surface area contributed by atoms with Crippen LogP contribution in [0.5, 0.6) is 0 Å². The van der Waals surface area contributed by atoms with Gasteiger partial charge in [0.15, 0.2) is 0 Å². The Balaban J connectivity index is 3.91. The number of hydrogen-bond acceptors (Lipinski definition) is 5. The van der Waals surface area contributed by atoms with Gasteiger partial charge >= 0.3 is 55.5 Å². The molecule has 24 heteroatoms. The molecule has 6 nitrogen and oxygen atoms in total. The van der Waals surface area contributed by atoms with E-state index in [1.165, 1.54) is 4.74 Å². The van der Waals surface area contributed by atoms with E-state index >= 15 is 4.39 Å². The van der Waals surface area contributed by atoms with Gasteiger partial charge in [-0.3, -0.25) is 14.3 Å². The monoisotopic (exact) mass is 629 g/mol. The van der Waals surface area contributed by atoms with Crippen molar-refractivity contribution in [1.29, 1.82) is 0 Å².